The number of hydrogen-bond acceptors (Lipinski definition) is 2. The van der Waals surface area contributed by atoms with Crippen LogP contribution in [0.3, 0.4) is 0 Å². The lowest BCUT2D eigenvalue weighted by Gasteiger charge is -2.11. The third-order valence-corrected chi connectivity index (χ3v) is 1.12. The van der Waals surface area contributed by atoms with Gasteiger partial charge in [0.1, 0.15) is 0 Å². The van der Waals surface area contributed by atoms with Gasteiger partial charge in [-0.2, -0.15) is 0 Å². The Bertz CT molecular complexity index is 83.1. The minimum Gasteiger partial charge on any atom is -0.348 e. The highest BCUT2D eigenvalue weighted by Crippen LogP contribution is 1.86. The van der Waals surface area contributed by atoms with Gasteiger partial charge in [0.2, 0.25) is 6.41 Å². The highest BCUT2D eigenvalue weighted by atomic mass is 16.1. The van der Waals surface area contributed by atoms with Crippen LogP contribution < -0.4 is 5.73 Å². The van der Waals surface area contributed by atoms with Crippen LogP contribution in [-0.4, -0.2) is 30.9 Å². The van der Waals surface area contributed by atoms with Gasteiger partial charge in [0.25, 0.3) is 0 Å². The molecule has 0 spiro atoms. The topological polar surface area (TPSA) is 46.3 Å². The Hall–Kier alpha value is -0.570. The SMILES string of the molecule is CC(N)CCN(C)C=O. The van der Waals surface area contributed by atoms with Crippen LogP contribution in [0.4, 0.5) is 0 Å². The van der Waals surface area contributed by atoms with E-state index in [1.165, 1.54) is 0 Å². The predicted octanol–water partition coefficient (Wildman–Crippen LogP) is -0.188. The molecule has 0 radical (unpaired) electrons. The minimum absolute atomic E-state index is 0.187. The van der Waals surface area contributed by atoms with Crippen LogP contribution in [0.15, 0.2) is 0 Å². The minimum atomic E-state index is 0.187. The number of rotatable bonds is 4. The van der Waals surface area contributed by atoms with Gasteiger partial charge in [-0.3, -0.25) is 4.79 Å². The van der Waals surface area contributed by atoms with Crippen LogP contribution in [0.1, 0.15) is 13.3 Å². The normalized spacial score (nSPS) is 12.8. The molecule has 54 valence electrons. The molecule has 0 saturated heterocycles. The third kappa shape index (κ3) is 5.30. The van der Waals surface area contributed by atoms with Gasteiger partial charge in [-0.05, 0) is 13.3 Å². The number of carbonyl (C=O) groups is 1. The lowest BCUT2D eigenvalue weighted by Crippen LogP contribution is -2.24. The van der Waals surface area contributed by atoms with E-state index in [0.717, 1.165) is 19.4 Å². The molecule has 2 N–H and O–H groups in total. The van der Waals surface area contributed by atoms with Gasteiger partial charge < -0.3 is 10.6 Å². The van der Waals surface area contributed by atoms with Crippen molar-refractivity contribution in [2.24, 2.45) is 5.73 Å². The molecule has 1 atom stereocenters. The average molecular weight is 130 g/mol. The number of nitrogens with two attached hydrogens (primary N) is 1. The van der Waals surface area contributed by atoms with Gasteiger partial charge in [-0.25, -0.2) is 0 Å². The summed E-state index contributed by atoms with van der Waals surface area (Å²) in [5.74, 6) is 0. The number of amides is 1. The summed E-state index contributed by atoms with van der Waals surface area (Å²) < 4.78 is 0. The number of nitrogens with zero attached hydrogens (tertiary/aromatic N) is 1. The van der Waals surface area contributed by atoms with E-state index < -0.39 is 0 Å². The Morgan fingerprint density at radius 3 is 2.67 bits per heavy atom. The van der Waals surface area contributed by atoms with Crippen LogP contribution in [-0.2, 0) is 4.79 Å². The van der Waals surface area contributed by atoms with Crippen molar-refractivity contribution in [2.75, 3.05) is 13.6 Å². The zero-order chi connectivity index (χ0) is 7.28. The molecule has 0 bridgehead atoms. The molecule has 0 aromatic heterocycles. The van der Waals surface area contributed by atoms with Gasteiger partial charge >= 0.3 is 0 Å². The molecule has 0 aliphatic heterocycles. The molecule has 1 unspecified atom stereocenters. The Balaban J connectivity index is 3.16. The standard InChI is InChI=1S/C6H14N2O/c1-6(7)3-4-8(2)5-9/h5-6H,3-4,7H2,1-2H3. The zero-order valence-corrected chi connectivity index (χ0v) is 6.00. The van der Waals surface area contributed by atoms with Crippen LogP contribution in [0.25, 0.3) is 0 Å². The van der Waals surface area contributed by atoms with Crippen molar-refractivity contribution < 1.29 is 4.79 Å². The molecule has 0 fully saturated rings. The molecule has 0 heterocycles. The average Bonchev–Trinajstić information content (AvgIpc) is 1.83. The van der Waals surface area contributed by atoms with E-state index in [2.05, 4.69) is 0 Å². The monoisotopic (exact) mass is 130 g/mol. The van der Waals surface area contributed by atoms with Crippen molar-refractivity contribution >= 4 is 6.41 Å². The smallest absolute Gasteiger partial charge is 0.209 e. The molecule has 0 rings (SSSR count). The van der Waals surface area contributed by atoms with Gasteiger partial charge in [-0.1, -0.05) is 0 Å². The summed E-state index contributed by atoms with van der Waals surface area (Å²) in [4.78, 5) is 11.6. The largest absolute Gasteiger partial charge is 0.348 e. The summed E-state index contributed by atoms with van der Waals surface area (Å²) >= 11 is 0. The quantitative estimate of drug-likeness (QED) is 0.536. The van der Waals surface area contributed by atoms with E-state index in [4.69, 9.17) is 5.73 Å². The van der Waals surface area contributed by atoms with E-state index >= 15 is 0 Å². The van der Waals surface area contributed by atoms with E-state index in [1.807, 2.05) is 6.92 Å². The second kappa shape index (κ2) is 4.32. The van der Waals surface area contributed by atoms with Crippen LogP contribution in [0, 0.1) is 0 Å². The molecule has 3 heteroatoms. The van der Waals surface area contributed by atoms with Gasteiger partial charge in [0, 0.05) is 19.6 Å². The van der Waals surface area contributed by atoms with Crippen molar-refractivity contribution in [1.29, 1.82) is 0 Å². The van der Waals surface area contributed by atoms with E-state index in [0.29, 0.717) is 0 Å². The lowest BCUT2D eigenvalue weighted by molar-refractivity contribution is -0.117. The van der Waals surface area contributed by atoms with Crippen LogP contribution >= 0.6 is 0 Å². The van der Waals surface area contributed by atoms with Gasteiger partial charge in [-0.15, -0.1) is 0 Å². The van der Waals surface area contributed by atoms with Crippen molar-refractivity contribution in [3.8, 4) is 0 Å². The Kier molecular flexibility index (Phi) is 4.05. The lowest BCUT2D eigenvalue weighted by atomic mass is 10.2. The van der Waals surface area contributed by atoms with Crippen molar-refractivity contribution in [2.45, 2.75) is 19.4 Å². The highest BCUT2D eigenvalue weighted by Gasteiger charge is 1.95. The Morgan fingerprint density at radius 1 is 1.78 bits per heavy atom. The third-order valence-electron chi connectivity index (χ3n) is 1.12. The first-order valence-electron chi connectivity index (χ1n) is 3.08. The zero-order valence-electron chi connectivity index (χ0n) is 6.00. The molecule has 1 amide bonds. The molecular formula is C6H14N2O. The molecule has 0 aliphatic rings. The molecule has 3 nitrogen and oxygen atoms in total. The first kappa shape index (κ1) is 8.43. The molecular weight excluding hydrogens is 116 g/mol. The molecule has 0 aliphatic carbocycles. The Morgan fingerprint density at radius 2 is 2.33 bits per heavy atom. The summed E-state index contributed by atoms with van der Waals surface area (Å²) in [6, 6.07) is 0.187. The van der Waals surface area contributed by atoms with Crippen LogP contribution in [0.2, 0.25) is 0 Å². The summed E-state index contributed by atoms with van der Waals surface area (Å²) in [6.07, 6.45) is 1.68. The van der Waals surface area contributed by atoms with Crippen molar-refractivity contribution in [3.63, 3.8) is 0 Å². The fraction of sp³-hybridized carbons (Fsp3) is 0.833. The number of hydrogen-bond donors (Lipinski definition) is 1. The summed E-state index contributed by atoms with van der Waals surface area (Å²) in [5, 5.41) is 0. The second-order valence-corrected chi connectivity index (χ2v) is 2.35. The first-order valence-corrected chi connectivity index (χ1v) is 3.08. The van der Waals surface area contributed by atoms with E-state index in [1.54, 1.807) is 11.9 Å². The second-order valence-electron chi connectivity index (χ2n) is 2.35. The molecule has 9 heavy (non-hydrogen) atoms. The van der Waals surface area contributed by atoms with Crippen LogP contribution in [0.5, 0.6) is 0 Å². The number of carbonyl (C=O) groups excluding carboxylic acids is 1. The maximum Gasteiger partial charge on any atom is 0.209 e. The summed E-state index contributed by atoms with van der Waals surface area (Å²) in [5.41, 5.74) is 5.45. The summed E-state index contributed by atoms with van der Waals surface area (Å²) in [6.45, 7) is 2.68. The predicted molar refractivity (Wildman–Crippen MR) is 37.0 cm³/mol. The van der Waals surface area contributed by atoms with Crippen molar-refractivity contribution in [1.82, 2.24) is 4.90 Å². The molecule has 0 aromatic rings. The van der Waals surface area contributed by atoms with Gasteiger partial charge in [0.15, 0.2) is 0 Å². The van der Waals surface area contributed by atoms with E-state index in [9.17, 15) is 4.79 Å². The maximum atomic E-state index is 10.0. The van der Waals surface area contributed by atoms with Crippen molar-refractivity contribution in [3.05, 3.63) is 0 Å². The first-order chi connectivity index (χ1) is 4.16. The molecule has 0 saturated carbocycles. The fourth-order valence-corrected chi connectivity index (χ4v) is 0.460. The maximum absolute atomic E-state index is 10.0. The highest BCUT2D eigenvalue weighted by molar-refractivity contribution is 5.46. The molecule has 0 aromatic carbocycles. The fourth-order valence-electron chi connectivity index (χ4n) is 0.460. The summed E-state index contributed by atoms with van der Waals surface area (Å²) in [7, 11) is 1.75. The van der Waals surface area contributed by atoms with E-state index in [-0.39, 0.29) is 6.04 Å². The van der Waals surface area contributed by atoms with Gasteiger partial charge in [0.05, 0.1) is 0 Å². The Labute approximate surface area is 55.8 Å².